The minimum absolute atomic E-state index is 0.916. The van der Waals surface area contributed by atoms with Gasteiger partial charge < -0.3 is 4.42 Å². The van der Waals surface area contributed by atoms with Gasteiger partial charge in [-0.05, 0) is 48.0 Å². The molecule has 0 aliphatic carbocycles. The van der Waals surface area contributed by atoms with Crippen molar-refractivity contribution in [3.05, 3.63) is 103 Å². The molecule has 7 rings (SSSR count). The Labute approximate surface area is 228 Å². The molecule has 0 radical (unpaired) electrons. The first-order valence-corrected chi connectivity index (χ1v) is 13.1. The summed E-state index contributed by atoms with van der Waals surface area (Å²) in [5, 5.41) is 6.01. The van der Waals surface area contributed by atoms with Crippen LogP contribution in [-0.2, 0) is 0 Å². The summed E-state index contributed by atoms with van der Waals surface area (Å²) in [4.78, 5) is 4.71. The molecule has 0 fully saturated rings. The van der Waals surface area contributed by atoms with Crippen molar-refractivity contribution in [3.63, 3.8) is 0 Å². The number of furan rings is 1. The average Bonchev–Trinajstić information content (AvgIpc) is 3.27. The molecule has 0 N–H and O–H groups in total. The molecule has 0 unspecified atom stereocenters. The molecule has 0 aliphatic rings. The summed E-state index contributed by atoms with van der Waals surface area (Å²) in [5.41, 5.74) is 7.30. The van der Waals surface area contributed by atoms with Crippen LogP contribution in [0, 0.1) is 0 Å². The largest absolute Gasteiger partial charge is 0.456 e. The van der Waals surface area contributed by atoms with Gasteiger partial charge in [-0.3, -0.25) is 4.98 Å². The van der Waals surface area contributed by atoms with Gasteiger partial charge >= 0.3 is 45.7 Å². The topological polar surface area (TPSA) is 33.8 Å². The van der Waals surface area contributed by atoms with Crippen molar-refractivity contribution in [3.8, 4) is 11.3 Å². The predicted molar refractivity (Wildman–Crippen MR) is 158 cm³/mol. The van der Waals surface area contributed by atoms with Gasteiger partial charge in [0.15, 0.2) is 12.4 Å². The van der Waals surface area contributed by atoms with Crippen molar-refractivity contribution in [1.82, 2.24) is 4.98 Å². The molecule has 0 saturated heterocycles. The van der Waals surface area contributed by atoms with Gasteiger partial charge in [0, 0.05) is 40.6 Å². The van der Waals surface area contributed by atoms with Gasteiger partial charge in [0.2, 0.25) is 11.2 Å². The second-order valence-electron chi connectivity index (χ2n) is 8.43. The van der Waals surface area contributed by atoms with E-state index in [1.165, 1.54) is 32.4 Å². The van der Waals surface area contributed by atoms with Gasteiger partial charge in [0.1, 0.15) is 11.2 Å². The molecule has 0 bridgehead atoms. The quantitative estimate of drug-likeness (QED) is 0.143. The fraction of sp³-hybridized carbons (Fsp3) is 0. The zero-order valence-corrected chi connectivity index (χ0v) is 22.6. The SMILES string of the molecule is I[n+]1ccccc1-c1cccnc1/C=C/c1ccc2oc3cccc4c5ccc[n+](I)c5c1c2c34. The minimum atomic E-state index is 0.916. The van der Waals surface area contributed by atoms with E-state index < -0.39 is 0 Å². The summed E-state index contributed by atoms with van der Waals surface area (Å²) in [5.74, 6) is 0. The summed E-state index contributed by atoms with van der Waals surface area (Å²) < 4.78 is 10.6. The lowest BCUT2D eigenvalue weighted by Gasteiger charge is -2.08. The molecule has 0 atom stereocenters. The molecule has 7 aromatic rings. The number of fused-ring (bicyclic) bond motifs is 3. The number of nitrogens with zero attached hydrogens (tertiary/aromatic N) is 3. The van der Waals surface area contributed by atoms with E-state index in [4.69, 9.17) is 9.40 Å². The molecule has 4 aromatic heterocycles. The third kappa shape index (κ3) is 3.26. The highest BCUT2D eigenvalue weighted by atomic mass is 127. The summed E-state index contributed by atoms with van der Waals surface area (Å²) in [7, 11) is 0. The molecule has 0 spiro atoms. The third-order valence-corrected chi connectivity index (χ3v) is 8.16. The summed E-state index contributed by atoms with van der Waals surface area (Å²) >= 11 is 4.69. The van der Waals surface area contributed by atoms with E-state index in [0.717, 1.165) is 33.7 Å². The first kappa shape index (κ1) is 21.2. The van der Waals surface area contributed by atoms with Crippen LogP contribution in [0.3, 0.4) is 0 Å². The van der Waals surface area contributed by atoms with E-state index in [9.17, 15) is 0 Å². The smallest absolute Gasteiger partial charge is 0.354 e. The Morgan fingerprint density at radius 2 is 1.54 bits per heavy atom. The van der Waals surface area contributed by atoms with Crippen LogP contribution < -0.4 is 5.56 Å². The number of hydrogen-bond donors (Lipinski definition) is 0. The van der Waals surface area contributed by atoms with Crippen molar-refractivity contribution in [1.29, 1.82) is 0 Å². The van der Waals surface area contributed by atoms with Crippen molar-refractivity contribution in [2.24, 2.45) is 0 Å². The fourth-order valence-electron chi connectivity index (χ4n) is 5.05. The Morgan fingerprint density at radius 3 is 2.46 bits per heavy atom. The number of aromatic nitrogens is 3. The molecule has 0 aliphatic heterocycles. The van der Waals surface area contributed by atoms with Crippen LogP contribution in [0.2, 0.25) is 0 Å². The Balaban J connectivity index is 1.52. The molecule has 0 amide bonds. The molecule has 166 valence electrons. The van der Waals surface area contributed by atoms with E-state index in [0.29, 0.717) is 0 Å². The monoisotopic (exact) mass is 677 g/mol. The number of rotatable bonds is 3. The van der Waals surface area contributed by atoms with Crippen molar-refractivity contribution in [2.45, 2.75) is 0 Å². The van der Waals surface area contributed by atoms with E-state index in [-0.39, 0.29) is 0 Å². The lowest BCUT2D eigenvalue weighted by Crippen LogP contribution is -2.21. The zero-order chi connectivity index (χ0) is 23.5. The Morgan fingerprint density at radius 1 is 0.686 bits per heavy atom. The van der Waals surface area contributed by atoms with Gasteiger partial charge in [0.25, 0.3) is 0 Å². The van der Waals surface area contributed by atoms with E-state index in [1.807, 2.05) is 24.5 Å². The molecule has 4 heterocycles. The summed E-state index contributed by atoms with van der Waals surface area (Å²) in [6, 6.07) is 25.2. The Bertz CT molecular complexity index is 1940. The maximum Gasteiger partial charge on any atom is 0.354 e. The highest BCUT2D eigenvalue weighted by molar-refractivity contribution is 14.1. The van der Waals surface area contributed by atoms with Crippen LogP contribution in [0.5, 0.6) is 0 Å². The number of benzene rings is 3. The maximum atomic E-state index is 6.28. The second-order valence-corrected chi connectivity index (χ2v) is 10.5. The summed E-state index contributed by atoms with van der Waals surface area (Å²) in [6.45, 7) is 0. The normalized spacial score (nSPS) is 12.2. The van der Waals surface area contributed by atoms with E-state index in [2.05, 4.69) is 130 Å². The predicted octanol–water partition coefficient (Wildman–Crippen LogP) is 7.53. The number of pyridine rings is 3. The van der Waals surface area contributed by atoms with Gasteiger partial charge in [-0.15, -0.1) is 5.56 Å². The van der Waals surface area contributed by atoms with Crippen LogP contribution in [0.1, 0.15) is 11.3 Å². The molecule has 3 aromatic carbocycles. The molecule has 0 saturated carbocycles. The number of halogens is 2. The lowest BCUT2D eigenvalue weighted by atomic mass is 9.94. The van der Waals surface area contributed by atoms with Gasteiger partial charge in [-0.1, -0.05) is 24.3 Å². The Kier molecular flexibility index (Phi) is 4.99. The van der Waals surface area contributed by atoms with Crippen LogP contribution in [0.25, 0.3) is 67.0 Å². The highest BCUT2D eigenvalue weighted by Gasteiger charge is 2.23. The van der Waals surface area contributed by atoms with Crippen molar-refractivity contribution in [2.75, 3.05) is 0 Å². The maximum absolute atomic E-state index is 6.28. The van der Waals surface area contributed by atoms with Crippen LogP contribution >= 0.6 is 45.7 Å². The molecular formula is C29H17I2N3O+2. The third-order valence-electron chi connectivity index (χ3n) is 6.52. The fourth-order valence-corrected chi connectivity index (χ4v) is 6.34. The minimum Gasteiger partial charge on any atom is -0.456 e. The van der Waals surface area contributed by atoms with Crippen molar-refractivity contribution < 1.29 is 9.98 Å². The van der Waals surface area contributed by atoms with Crippen LogP contribution in [0.15, 0.2) is 95.8 Å². The second kappa shape index (κ2) is 8.23. The van der Waals surface area contributed by atoms with E-state index >= 15 is 0 Å². The van der Waals surface area contributed by atoms with Gasteiger partial charge in [-0.25, -0.2) is 0 Å². The molecule has 4 nitrogen and oxygen atoms in total. The summed E-state index contributed by atoms with van der Waals surface area (Å²) in [6.07, 6.45) is 10.3. The number of hydrogen-bond acceptors (Lipinski definition) is 2. The zero-order valence-electron chi connectivity index (χ0n) is 18.3. The van der Waals surface area contributed by atoms with Gasteiger partial charge in [0.05, 0.1) is 22.0 Å². The van der Waals surface area contributed by atoms with Crippen LogP contribution in [-0.4, -0.2) is 4.98 Å². The highest BCUT2D eigenvalue weighted by Crippen LogP contribution is 2.43. The molecule has 35 heavy (non-hydrogen) atoms. The lowest BCUT2D eigenvalue weighted by molar-refractivity contribution is -0.427. The van der Waals surface area contributed by atoms with Gasteiger partial charge in [-0.2, -0.15) is 0 Å². The van der Waals surface area contributed by atoms with Crippen molar-refractivity contribution >= 4 is 101 Å². The first-order valence-electron chi connectivity index (χ1n) is 11.2. The molecular weight excluding hydrogens is 660 g/mol. The Hall–Kier alpha value is -3.11. The first-order chi connectivity index (χ1) is 17.2. The van der Waals surface area contributed by atoms with E-state index in [1.54, 1.807) is 0 Å². The average molecular weight is 677 g/mol. The van der Waals surface area contributed by atoms with Crippen LogP contribution in [0.4, 0.5) is 0 Å². The standard InChI is InChI=1S/C29H17I2N3O/c30-33-16-2-1-9-23(33)21-7-4-15-32-22(21)13-11-18-12-14-25-28-26(18)29-20(8-5-17-34(29)31)19-6-3-10-24(35-25)27(19)28/h1-17H/q+2/b13-11+. The molecule has 6 heteroatoms.